The first-order valence-electron chi connectivity index (χ1n) is 16.3. The molecule has 0 spiro atoms. The molecule has 1 heterocycles. The normalized spacial score (nSPS) is 19.7. The van der Waals surface area contributed by atoms with Crippen molar-refractivity contribution in [1.82, 2.24) is 15.2 Å². The predicted molar refractivity (Wildman–Crippen MR) is 180 cm³/mol. The second-order valence-electron chi connectivity index (χ2n) is 13.8. The average Bonchev–Trinajstić information content (AvgIpc) is 3.02. The maximum absolute atomic E-state index is 12.6. The first-order valence-corrected chi connectivity index (χ1v) is 16.3. The number of anilines is 1. The van der Waals surface area contributed by atoms with Gasteiger partial charge in [-0.05, 0) is 88.8 Å². The number of amides is 2. The zero-order chi connectivity index (χ0) is 32.9. The van der Waals surface area contributed by atoms with Gasteiger partial charge < -0.3 is 30.2 Å². The van der Waals surface area contributed by atoms with Gasteiger partial charge in [0.15, 0.2) is 0 Å². The highest BCUT2D eigenvalue weighted by atomic mass is 16.6. The van der Waals surface area contributed by atoms with E-state index in [4.69, 9.17) is 9.72 Å². The van der Waals surface area contributed by atoms with Crippen LogP contribution >= 0.6 is 0 Å². The number of aldehydes is 1. The van der Waals surface area contributed by atoms with Gasteiger partial charge in [0.2, 0.25) is 0 Å². The highest BCUT2D eigenvalue weighted by Gasteiger charge is 2.41. The number of pyridine rings is 1. The molecule has 5 rings (SSSR count). The minimum absolute atomic E-state index is 0.00810. The molecule has 3 aromatic rings. The molecule has 2 aromatic carbocycles. The van der Waals surface area contributed by atoms with Crippen LogP contribution in [0.25, 0.3) is 22.4 Å². The van der Waals surface area contributed by atoms with Crippen molar-refractivity contribution in [2.24, 2.45) is 11.8 Å². The third-order valence-corrected chi connectivity index (χ3v) is 9.54. The number of carbonyl (C=O) groups excluding carboxylic acids is 2. The van der Waals surface area contributed by atoms with Crippen molar-refractivity contribution in [1.29, 1.82) is 0 Å². The third kappa shape index (κ3) is 7.69. The third-order valence-electron chi connectivity index (χ3n) is 9.54. The summed E-state index contributed by atoms with van der Waals surface area (Å²) < 4.78 is 5.55. The maximum Gasteiger partial charge on any atom is 0.408 e. The number of rotatable bonds is 10. The number of ether oxygens (including phenoxy) is 1. The number of alkyl carbamates (subject to hydrolysis) is 1. The zero-order valence-electron chi connectivity index (χ0n) is 27.3. The van der Waals surface area contributed by atoms with E-state index in [0.717, 1.165) is 84.9 Å². The standard InChI is InChI=1S/C37H46N4O5/c1-36(2,3)46-34(43)40-37(19-8-20-37)29-15-11-27(12-16-29)33-32(26-9-6-5-7-10-26)21-30(23-39-33)38-22-28(24-42)25-13-17-31(18-14-25)41(4)35(44)45/h5-7,9-12,15-16,21,23-25,28,31,38H,8,13-14,17-20,22H2,1-4H3,(H,40,43)(H,44,45). The fraction of sp³-hybridized carbons (Fsp3) is 0.459. The van der Waals surface area contributed by atoms with Crippen molar-refractivity contribution < 1.29 is 24.2 Å². The summed E-state index contributed by atoms with van der Waals surface area (Å²) >= 11 is 0. The van der Waals surface area contributed by atoms with Gasteiger partial charge in [0.1, 0.15) is 11.9 Å². The number of hydrogen-bond donors (Lipinski definition) is 3. The lowest BCUT2D eigenvalue weighted by molar-refractivity contribution is -0.112. The number of nitrogens with zero attached hydrogens (tertiary/aromatic N) is 2. The quantitative estimate of drug-likeness (QED) is 0.197. The van der Waals surface area contributed by atoms with Gasteiger partial charge in [-0.3, -0.25) is 4.98 Å². The Morgan fingerprint density at radius 3 is 2.28 bits per heavy atom. The number of benzene rings is 2. The summed E-state index contributed by atoms with van der Waals surface area (Å²) in [6.45, 7) is 6.08. The van der Waals surface area contributed by atoms with E-state index >= 15 is 0 Å². The van der Waals surface area contributed by atoms with Crippen LogP contribution in [0.15, 0.2) is 66.9 Å². The summed E-state index contributed by atoms with van der Waals surface area (Å²) in [4.78, 5) is 42.4. The Hall–Kier alpha value is -4.40. The molecule has 244 valence electrons. The Kier molecular flexibility index (Phi) is 9.99. The molecule has 0 saturated heterocycles. The molecular weight excluding hydrogens is 580 g/mol. The molecule has 2 aliphatic carbocycles. The van der Waals surface area contributed by atoms with E-state index in [1.54, 1.807) is 7.05 Å². The topological polar surface area (TPSA) is 121 Å². The van der Waals surface area contributed by atoms with Gasteiger partial charge in [-0.2, -0.15) is 0 Å². The molecule has 0 bridgehead atoms. The van der Waals surface area contributed by atoms with Crippen LogP contribution in [-0.4, -0.2) is 58.7 Å². The van der Waals surface area contributed by atoms with Crippen LogP contribution in [0.3, 0.4) is 0 Å². The van der Waals surface area contributed by atoms with Crippen molar-refractivity contribution in [2.45, 2.75) is 82.9 Å². The van der Waals surface area contributed by atoms with Crippen LogP contribution in [0.5, 0.6) is 0 Å². The van der Waals surface area contributed by atoms with Crippen molar-refractivity contribution in [3.63, 3.8) is 0 Å². The first kappa shape index (κ1) is 33.0. The van der Waals surface area contributed by atoms with Crippen LogP contribution in [0.1, 0.15) is 71.3 Å². The molecule has 46 heavy (non-hydrogen) atoms. The maximum atomic E-state index is 12.6. The molecule has 1 atom stereocenters. The highest BCUT2D eigenvalue weighted by molar-refractivity contribution is 5.83. The molecule has 0 aliphatic heterocycles. The van der Waals surface area contributed by atoms with E-state index in [9.17, 15) is 19.5 Å². The molecular formula is C37H46N4O5. The van der Waals surface area contributed by atoms with Crippen LogP contribution in [0, 0.1) is 11.8 Å². The molecule has 9 heteroatoms. The molecule has 1 aromatic heterocycles. The lowest BCUT2D eigenvalue weighted by Crippen LogP contribution is -2.52. The van der Waals surface area contributed by atoms with Crippen LogP contribution in [0.4, 0.5) is 15.3 Å². The Labute approximate surface area is 271 Å². The Morgan fingerprint density at radius 1 is 1.04 bits per heavy atom. The second kappa shape index (κ2) is 13.9. The fourth-order valence-corrected chi connectivity index (χ4v) is 6.73. The zero-order valence-corrected chi connectivity index (χ0v) is 27.3. The molecule has 1 unspecified atom stereocenters. The largest absolute Gasteiger partial charge is 0.465 e. The second-order valence-corrected chi connectivity index (χ2v) is 13.8. The summed E-state index contributed by atoms with van der Waals surface area (Å²) in [5, 5.41) is 15.9. The van der Waals surface area contributed by atoms with Gasteiger partial charge in [-0.1, -0.05) is 54.6 Å². The molecule has 2 aliphatic rings. The molecule has 2 saturated carbocycles. The SMILES string of the molecule is CN(C(=O)O)C1CCC(C(C=O)CNc2cnc(-c3ccc(C4(NC(=O)OC(C)(C)C)CCC4)cc3)c(-c3ccccc3)c2)CC1. The van der Waals surface area contributed by atoms with Crippen molar-refractivity contribution in [3.8, 4) is 22.4 Å². The number of carboxylic acid groups (broad SMARTS) is 1. The first-order chi connectivity index (χ1) is 22.0. The van der Waals surface area contributed by atoms with E-state index in [2.05, 4.69) is 53.1 Å². The van der Waals surface area contributed by atoms with E-state index in [0.29, 0.717) is 6.54 Å². The Balaban J connectivity index is 1.32. The van der Waals surface area contributed by atoms with Gasteiger partial charge in [0, 0.05) is 36.7 Å². The predicted octanol–water partition coefficient (Wildman–Crippen LogP) is 7.72. The molecule has 3 N–H and O–H groups in total. The smallest absolute Gasteiger partial charge is 0.408 e. The van der Waals surface area contributed by atoms with Gasteiger partial charge in [0.05, 0.1) is 23.1 Å². The van der Waals surface area contributed by atoms with Crippen molar-refractivity contribution in [2.75, 3.05) is 18.9 Å². The number of nitrogens with one attached hydrogen (secondary N) is 2. The summed E-state index contributed by atoms with van der Waals surface area (Å²) in [5.74, 6) is 0.0446. The Bertz CT molecular complexity index is 1510. The van der Waals surface area contributed by atoms with E-state index in [1.165, 1.54) is 4.90 Å². The van der Waals surface area contributed by atoms with Gasteiger partial charge in [-0.25, -0.2) is 9.59 Å². The molecule has 0 radical (unpaired) electrons. The number of hydrogen-bond acceptors (Lipinski definition) is 6. The van der Waals surface area contributed by atoms with Crippen LogP contribution in [-0.2, 0) is 15.1 Å². The highest BCUT2D eigenvalue weighted by Crippen LogP contribution is 2.42. The summed E-state index contributed by atoms with van der Waals surface area (Å²) in [7, 11) is 1.62. The van der Waals surface area contributed by atoms with Crippen LogP contribution in [0.2, 0.25) is 0 Å². The molecule has 9 nitrogen and oxygen atoms in total. The lowest BCUT2D eigenvalue weighted by Gasteiger charge is -2.43. The van der Waals surface area contributed by atoms with Crippen molar-refractivity contribution >= 4 is 24.2 Å². The van der Waals surface area contributed by atoms with E-state index in [-0.39, 0.29) is 17.9 Å². The summed E-state index contributed by atoms with van der Waals surface area (Å²) in [6, 6.07) is 20.5. The number of carbonyl (C=O) groups is 3. The van der Waals surface area contributed by atoms with Gasteiger partial charge in [-0.15, -0.1) is 0 Å². The minimum Gasteiger partial charge on any atom is -0.465 e. The van der Waals surface area contributed by atoms with E-state index in [1.807, 2.05) is 45.2 Å². The lowest BCUT2D eigenvalue weighted by atomic mass is 9.71. The van der Waals surface area contributed by atoms with Gasteiger partial charge in [0.25, 0.3) is 0 Å². The van der Waals surface area contributed by atoms with Gasteiger partial charge >= 0.3 is 12.2 Å². The minimum atomic E-state index is -0.907. The monoisotopic (exact) mass is 626 g/mol. The van der Waals surface area contributed by atoms with E-state index < -0.39 is 23.3 Å². The number of aromatic nitrogens is 1. The Morgan fingerprint density at radius 2 is 1.72 bits per heavy atom. The average molecular weight is 627 g/mol. The summed E-state index contributed by atoms with van der Waals surface area (Å²) in [5.41, 5.74) is 4.72. The van der Waals surface area contributed by atoms with Crippen molar-refractivity contribution in [3.05, 3.63) is 72.4 Å². The fourth-order valence-electron chi connectivity index (χ4n) is 6.73. The van der Waals surface area contributed by atoms with Crippen LogP contribution < -0.4 is 10.6 Å². The summed E-state index contributed by atoms with van der Waals surface area (Å²) in [6.07, 6.45) is 7.49. The molecule has 2 amide bonds. The molecule has 2 fully saturated rings.